The molecule has 17 heavy (non-hydrogen) atoms. The molecule has 0 radical (unpaired) electrons. The highest BCUT2D eigenvalue weighted by molar-refractivity contribution is 5.45. The van der Waals surface area contributed by atoms with Gasteiger partial charge in [-0.15, -0.1) is 5.10 Å². The molecule has 0 saturated carbocycles. The number of hydrogen-bond donors (Lipinski definition) is 0. The molecular formula is C11H11N5O. The molecule has 2 aromatic heterocycles. The average molecular weight is 229 g/mol. The number of rotatable bonds is 2. The van der Waals surface area contributed by atoms with Gasteiger partial charge in [0.25, 0.3) is 0 Å². The predicted octanol–water partition coefficient (Wildman–Crippen LogP) is 1.49. The van der Waals surface area contributed by atoms with Crippen LogP contribution >= 0.6 is 0 Å². The van der Waals surface area contributed by atoms with E-state index in [0.717, 1.165) is 11.3 Å². The fraction of sp³-hybridized carbons (Fsp3) is 0.273. The minimum absolute atomic E-state index is 0.182. The third kappa shape index (κ3) is 2.23. The SMILES string of the molecule is Cc1cc(C)c(C#N)c(Oc2ncn(C)n2)n1. The lowest BCUT2D eigenvalue weighted by Gasteiger charge is -2.05. The lowest BCUT2D eigenvalue weighted by molar-refractivity contribution is 0.420. The first kappa shape index (κ1) is 11.1. The topological polar surface area (TPSA) is 76.6 Å². The summed E-state index contributed by atoms with van der Waals surface area (Å²) in [5.41, 5.74) is 2.02. The molecule has 0 N–H and O–H groups in total. The zero-order valence-corrected chi connectivity index (χ0v) is 9.80. The van der Waals surface area contributed by atoms with Crippen molar-refractivity contribution >= 4 is 0 Å². The van der Waals surface area contributed by atoms with Gasteiger partial charge in [-0.25, -0.2) is 4.98 Å². The van der Waals surface area contributed by atoms with Crippen LogP contribution in [-0.4, -0.2) is 19.7 Å². The molecule has 0 bridgehead atoms. The lowest BCUT2D eigenvalue weighted by atomic mass is 10.1. The van der Waals surface area contributed by atoms with Crippen molar-refractivity contribution in [2.24, 2.45) is 7.05 Å². The Kier molecular flexibility index (Phi) is 2.75. The van der Waals surface area contributed by atoms with Crippen molar-refractivity contribution in [1.29, 1.82) is 5.26 Å². The molecule has 0 saturated heterocycles. The van der Waals surface area contributed by atoms with Crippen molar-refractivity contribution in [3.63, 3.8) is 0 Å². The van der Waals surface area contributed by atoms with Gasteiger partial charge in [0.15, 0.2) is 0 Å². The quantitative estimate of drug-likeness (QED) is 0.779. The molecule has 0 fully saturated rings. The number of aromatic nitrogens is 4. The highest BCUT2D eigenvalue weighted by Crippen LogP contribution is 2.23. The summed E-state index contributed by atoms with van der Waals surface area (Å²) in [6.07, 6.45) is 1.52. The molecule has 2 rings (SSSR count). The summed E-state index contributed by atoms with van der Waals surface area (Å²) in [6.45, 7) is 3.68. The number of pyridine rings is 1. The van der Waals surface area contributed by atoms with E-state index in [1.807, 2.05) is 19.9 Å². The first-order chi connectivity index (χ1) is 8.10. The normalized spacial score (nSPS) is 10.0. The molecule has 0 unspecified atom stereocenters. The van der Waals surface area contributed by atoms with E-state index in [-0.39, 0.29) is 11.9 Å². The van der Waals surface area contributed by atoms with Crippen LogP contribution in [-0.2, 0) is 7.05 Å². The standard InChI is InChI=1S/C11H11N5O/c1-7-4-8(2)14-10(9(7)5-12)17-11-13-6-16(3)15-11/h4,6H,1-3H3. The molecule has 6 nitrogen and oxygen atoms in total. The molecule has 0 aliphatic rings. The highest BCUT2D eigenvalue weighted by atomic mass is 16.5. The number of ether oxygens (including phenoxy) is 1. The monoisotopic (exact) mass is 229 g/mol. The van der Waals surface area contributed by atoms with Gasteiger partial charge in [-0.05, 0) is 25.5 Å². The molecule has 0 spiro atoms. The van der Waals surface area contributed by atoms with E-state index in [0.29, 0.717) is 5.56 Å². The minimum atomic E-state index is 0.182. The van der Waals surface area contributed by atoms with Crippen LogP contribution in [0.1, 0.15) is 16.8 Å². The van der Waals surface area contributed by atoms with Crippen molar-refractivity contribution in [2.45, 2.75) is 13.8 Å². The second kappa shape index (κ2) is 4.22. The summed E-state index contributed by atoms with van der Waals surface area (Å²) in [6, 6.07) is 4.08. The first-order valence-corrected chi connectivity index (χ1v) is 5.02. The molecule has 2 heterocycles. The van der Waals surface area contributed by atoms with Crippen molar-refractivity contribution in [3.05, 3.63) is 29.2 Å². The summed E-state index contributed by atoms with van der Waals surface area (Å²) in [5.74, 6) is 0.246. The van der Waals surface area contributed by atoms with Crippen LogP contribution in [0.4, 0.5) is 0 Å². The van der Waals surface area contributed by atoms with E-state index >= 15 is 0 Å². The average Bonchev–Trinajstić information content (AvgIpc) is 2.63. The summed E-state index contributed by atoms with van der Waals surface area (Å²) in [7, 11) is 1.74. The summed E-state index contributed by atoms with van der Waals surface area (Å²) < 4.78 is 6.92. The van der Waals surface area contributed by atoms with E-state index in [9.17, 15) is 0 Å². The number of hydrogen-bond acceptors (Lipinski definition) is 5. The van der Waals surface area contributed by atoms with Crippen LogP contribution in [0, 0.1) is 25.2 Å². The van der Waals surface area contributed by atoms with Crippen molar-refractivity contribution in [2.75, 3.05) is 0 Å². The minimum Gasteiger partial charge on any atom is -0.403 e. The Bertz CT molecular complexity index is 596. The number of nitrogens with zero attached hydrogens (tertiary/aromatic N) is 5. The summed E-state index contributed by atoms with van der Waals surface area (Å²) >= 11 is 0. The maximum absolute atomic E-state index is 9.06. The third-order valence-electron chi connectivity index (χ3n) is 2.19. The van der Waals surface area contributed by atoms with Gasteiger partial charge in [0.2, 0.25) is 5.88 Å². The van der Waals surface area contributed by atoms with Gasteiger partial charge in [0.05, 0.1) is 0 Å². The van der Waals surface area contributed by atoms with Gasteiger partial charge in [-0.3, -0.25) is 4.68 Å². The predicted molar refractivity (Wildman–Crippen MR) is 59.5 cm³/mol. The molecule has 0 atom stereocenters. The smallest absolute Gasteiger partial charge is 0.342 e. The molecule has 0 aromatic carbocycles. The van der Waals surface area contributed by atoms with Gasteiger partial charge in [-0.2, -0.15) is 10.2 Å². The Morgan fingerprint density at radius 1 is 1.41 bits per heavy atom. The molecule has 0 amide bonds. The molecule has 6 heteroatoms. The Hall–Kier alpha value is -2.42. The Labute approximate surface area is 98.5 Å². The fourth-order valence-corrected chi connectivity index (χ4v) is 1.47. The van der Waals surface area contributed by atoms with Crippen molar-refractivity contribution in [1.82, 2.24) is 19.7 Å². The fourth-order valence-electron chi connectivity index (χ4n) is 1.47. The van der Waals surface area contributed by atoms with Gasteiger partial charge in [-0.1, -0.05) is 0 Å². The van der Waals surface area contributed by atoms with E-state index in [1.165, 1.54) is 11.0 Å². The Morgan fingerprint density at radius 2 is 2.18 bits per heavy atom. The van der Waals surface area contributed by atoms with Gasteiger partial charge >= 0.3 is 6.01 Å². The van der Waals surface area contributed by atoms with Crippen LogP contribution < -0.4 is 4.74 Å². The zero-order valence-electron chi connectivity index (χ0n) is 9.80. The maximum Gasteiger partial charge on any atom is 0.342 e. The summed E-state index contributed by atoms with van der Waals surface area (Å²) in [4.78, 5) is 8.10. The van der Waals surface area contributed by atoms with Gasteiger partial charge < -0.3 is 4.74 Å². The first-order valence-electron chi connectivity index (χ1n) is 5.02. The van der Waals surface area contributed by atoms with Crippen LogP contribution in [0.2, 0.25) is 0 Å². The van der Waals surface area contributed by atoms with Crippen LogP contribution in [0.15, 0.2) is 12.4 Å². The number of nitriles is 1. The van der Waals surface area contributed by atoms with Crippen LogP contribution in [0.3, 0.4) is 0 Å². The van der Waals surface area contributed by atoms with Crippen molar-refractivity contribution in [3.8, 4) is 18.0 Å². The third-order valence-corrected chi connectivity index (χ3v) is 2.19. The number of aryl methyl sites for hydroxylation is 3. The molecular weight excluding hydrogens is 218 g/mol. The lowest BCUT2D eigenvalue weighted by Crippen LogP contribution is -1.98. The Morgan fingerprint density at radius 3 is 2.76 bits per heavy atom. The van der Waals surface area contributed by atoms with E-state index in [1.54, 1.807) is 7.05 Å². The van der Waals surface area contributed by atoms with E-state index in [4.69, 9.17) is 10.00 Å². The molecule has 86 valence electrons. The van der Waals surface area contributed by atoms with Gasteiger partial charge in [0.1, 0.15) is 18.0 Å². The maximum atomic E-state index is 9.06. The highest BCUT2D eigenvalue weighted by Gasteiger charge is 2.12. The second-order valence-electron chi connectivity index (χ2n) is 3.68. The largest absolute Gasteiger partial charge is 0.403 e. The second-order valence-corrected chi connectivity index (χ2v) is 3.68. The van der Waals surface area contributed by atoms with Crippen LogP contribution in [0.25, 0.3) is 0 Å². The van der Waals surface area contributed by atoms with Crippen LogP contribution in [0.5, 0.6) is 11.9 Å². The van der Waals surface area contributed by atoms with E-state index < -0.39 is 0 Å². The molecule has 0 aliphatic heterocycles. The Balaban J connectivity index is 2.42. The van der Waals surface area contributed by atoms with Crippen molar-refractivity contribution < 1.29 is 4.74 Å². The zero-order chi connectivity index (χ0) is 12.4. The molecule has 2 aromatic rings. The molecule has 0 aliphatic carbocycles. The summed E-state index contributed by atoms with van der Waals surface area (Å²) in [5, 5.41) is 13.0. The van der Waals surface area contributed by atoms with E-state index in [2.05, 4.69) is 21.1 Å². The van der Waals surface area contributed by atoms with Gasteiger partial charge in [0, 0.05) is 12.7 Å².